The van der Waals surface area contributed by atoms with E-state index >= 15 is 0 Å². The first-order chi connectivity index (χ1) is 15.9. The van der Waals surface area contributed by atoms with Crippen molar-refractivity contribution >= 4 is 34.4 Å². The predicted octanol–water partition coefficient (Wildman–Crippen LogP) is 3.92. The van der Waals surface area contributed by atoms with E-state index in [1.807, 2.05) is 0 Å². The number of carbonyl (C=O) groups is 2. The Bertz CT molecular complexity index is 1350. The van der Waals surface area contributed by atoms with Gasteiger partial charge in [0.25, 0.3) is 11.8 Å². The molecule has 168 valence electrons. The molecule has 1 aliphatic heterocycles. The van der Waals surface area contributed by atoms with Crippen LogP contribution in [-0.4, -0.2) is 62.9 Å². The van der Waals surface area contributed by atoms with Gasteiger partial charge < -0.3 is 19.3 Å². The maximum atomic E-state index is 14.5. The zero-order chi connectivity index (χ0) is 23.1. The number of fused-ring (bicyclic) bond motifs is 1. The summed E-state index contributed by atoms with van der Waals surface area (Å²) in [6.45, 7) is 2.99. The number of nitrogens with one attached hydrogen (secondary N) is 1. The molecule has 33 heavy (non-hydrogen) atoms. The lowest BCUT2D eigenvalue weighted by Crippen LogP contribution is -2.50. The van der Waals surface area contributed by atoms with Crippen molar-refractivity contribution in [2.75, 3.05) is 26.2 Å². The number of benzene rings is 2. The number of H-pyrrole nitrogens is 1. The Morgan fingerprint density at radius 2 is 1.82 bits per heavy atom. The molecule has 0 saturated carbocycles. The fourth-order valence-corrected chi connectivity index (χ4v) is 4.29. The number of halogens is 2. The molecule has 2 amide bonds. The first-order valence-corrected chi connectivity index (χ1v) is 10.7. The standard InChI is InChI=1S/C23H19ClFN5O3/c1-13-19(21(28-33-13)20-15(24)3-2-4-16(20)25)23(32)30-9-7-29(8-10-30)22(31)14-5-6-17-18(11-14)27-12-26-17/h2-6,11-12H,7-10H2,1H3,(H,26,27). The minimum atomic E-state index is -0.588. The van der Waals surface area contributed by atoms with Crippen LogP contribution in [0.25, 0.3) is 22.3 Å². The van der Waals surface area contributed by atoms with Crippen molar-refractivity contribution in [3.8, 4) is 11.3 Å². The summed E-state index contributed by atoms with van der Waals surface area (Å²) in [6, 6.07) is 9.58. The van der Waals surface area contributed by atoms with Crippen LogP contribution in [0.15, 0.2) is 47.2 Å². The highest BCUT2D eigenvalue weighted by Crippen LogP contribution is 2.34. The van der Waals surface area contributed by atoms with E-state index in [1.54, 1.807) is 41.2 Å². The molecule has 1 fully saturated rings. The van der Waals surface area contributed by atoms with Gasteiger partial charge in [-0.1, -0.05) is 22.8 Å². The summed E-state index contributed by atoms with van der Waals surface area (Å²) in [5.74, 6) is -0.761. The Hall–Kier alpha value is -3.72. The summed E-state index contributed by atoms with van der Waals surface area (Å²) >= 11 is 6.18. The summed E-state index contributed by atoms with van der Waals surface area (Å²) in [6.07, 6.45) is 1.58. The number of nitrogens with zero attached hydrogens (tertiary/aromatic N) is 4. The smallest absolute Gasteiger partial charge is 0.259 e. The van der Waals surface area contributed by atoms with E-state index in [4.69, 9.17) is 16.1 Å². The molecule has 8 nitrogen and oxygen atoms in total. The number of carbonyl (C=O) groups excluding carboxylic acids is 2. The number of piperazine rings is 1. The van der Waals surface area contributed by atoms with Gasteiger partial charge in [0.2, 0.25) is 0 Å². The molecule has 0 bridgehead atoms. The molecule has 5 rings (SSSR count). The van der Waals surface area contributed by atoms with Crippen LogP contribution < -0.4 is 0 Å². The van der Waals surface area contributed by atoms with E-state index in [0.29, 0.717) is 31.7 Å². The van der Waals surface area contributed by atoms with Gasteiger partial charge in [0.1, 0.15) is 22.8 Å². The molecule has 10 heteroatoms. The van der Waals surface area contributed by atoms with Gasteiger partial charge in [-0.05, 0) is 37.3 Å². The van der Waals surface area contributed by atoms with E-state index < -0.39 is 5.82 Å². The molecular formula is C23H19ClFN5O3. The van der Waals surface area contributed by atoms with Crippen molar-refractivity contribution in [1.29, 1.82) is 0 Å². The zero-order valence-electron chi connectivity index (χ0n) is 17.6. The molecular weight excluding hydrogens is 449 g/mol. The molecule has 0 atom stereocenters. The van der Waals surface area contributed by atoms with Crippen molar-refractivity contribution in [2.45, 2.75) is 6.92 Å². The zero-order valence-corrected chi connectivity index (χ0v) is 18.4. The lowest BCUT2D eigenvalue weighted by Gasteiger charge is -2.34. The molecule has 1 N–H and O–H groups in total. The van der Waals surface area contributed by atoms with Gasteiger partial charge in [-0.3, -0.25) is 9.59 Å². The van der Waals surface area contributed by atoms with Crippen LogP contribution in [0.3, 0.4) is 0 Å². The topological polar surface area (TPSA) is 95.3 Å². The van der Waals surface area contributed by atoms with E-state index in [9.17, 15) is 14.0 Å². The summed E-state index contributed by atoms with van der Waals surface area (Å²) in [7, 11) is 0. The Kier molecular flexibility index (Phi) is 5.33. The molecule has 0 radical (unpaired) electrons. The maximum Gasteiger partial charge on any atom is 0.259 e. The number of amides is 2. The SMILES string of the molecule is Cc1onc(-c2c(F)cccc2Cl)c1C(=O)N1CCN(C(=O)c2ccc3nc[nH]c3c2)CC1. The van der Waals surface area contributed by atoms with Gasteiger partial charge >= 0.3 is 0 Å². The number of aromatic nitrogens is 3. The van der Waals surface area contributed by atoms with Gasteiger partial charge in [0.05, 0.1) is 27.9 Å². The summed E-state index contributed by atoms with van der Waals surface area (Å²) < 4.78 is 19.7. The average Bonchev–Trinajstić information content (AvgIpc) is 3.44. The van der Waals surface area contributed by atoms with Crippen molar-refractivity contribution in [3.05, 3.63) is 70.5 Å². The Balaban J connectivity index is 1.33. The lowest BCUT2D eigenvalue weighted by molar-refractivity contribution is 0.0535. The minimum Gasteiger partial charge on any atom is -0.360 e. The second-order valence-electron chi connectivity index (χ2n) is 7.78. The molecule has 2 aromatic carbocycles. The summed E-state index contributed by atoms with van der Waals surface area (Å²) in [5, 5.41) is 4.05. The van der Waals surface area contributed by atoms with Crippen LogP contribution in [0.2, 0.25) is 5.02 Å². The summed E-state index contributed by atoms with van der Waals surface area (Å²) in [4.78, 5) is 36.7. The van der Waals surface area contributed by atoms with Crippen LogP contribution >= 0.6 is 11.6 Å². The Morgan fingerprint density at radius 3 is 2.55 bits per heavy atom. The minimum absolute atomic E-state index is 0.0300. The van der Waals surface area contributed by atoms with Gasteiger partial charge in [-0.25, -0.2) is 9.37 Å². The fourth-order valence-electron chi connectivity index (χ4n) is 4.04. The van der Waals surface area contributed by atoms with Crippen LogP contribution in [-0.2, 0) is 0 Å². The van der Waals surface area contributed by atoms with E-state index in [1.165, 1.54) is 18.2 Å². The third-order valence-electron chi connectivity index (χ3n) is 5.80. The largest absolute Gasteiger partial charge is 0.360 e. The van der Waals surface area contributed by atoms with Crippen molar-refractivity contribution in [3.63, 3.8) is 0 Å². The number of rotatable bonds is 3. The van der Waals surface area contributed by atoms with Gasteiger partial charge in [0.15, 0.2) is 0 Å². The Morgan fingerprint density at radius 1 is 1.09 bits per heavy atom. The quantitative estimate of drug-likeness (QED) is 0.492. The molecule has 3 heterocycles. The molecule has 0 unspecified atom stereocenters. The molecule has 1 aliphatic rings. The van der Waals surface area contributed by atoms with Crippen LogP contribution in [0, 0.1) is 12.7 Å². The highest BCUT2D eigenvalue weighted by molar-refractivity contribution is 6.33. The number of hydrogen-bond donors (Lipinski definition) is 1. The van der Waals surface area contributed by atoms with Crippen molar-refractivity contribution < 1.29 is 18.5 Å². The number of aryl methyl sites for hydroxylation is 1. The van der Waals surface area contributed by atoms with Crippen molar-refractivity contribution in [1.82, 2.24) is 24.9 Å². The highest BCUT2D eigenvalue weighted by atomic mass is 35.5. The van der Waals surface area contributed by atoms with Crippen LogP contribution in [0.1, 0.15) is 26.5 Å². The molecule has 0 aliphatic carbocycles. The first kappa shape index (κ1) is 21.1. The van der Waals surface area contributed by atoms with Gasteiger partial charge in [-0.2, -0.15) is 0 Å². The first-order valence-electron chi connectivity index (χ1n) is 10.4. The second kappa shape index (κ2) is 8.32. The van der Waals surface area contributed by atoms with Crippen molar-refractivity contribution in [2.24, 2.45) is 0 Å². The second-order valence-corrected chi connectivity index (χ2v) is 8.19. The summed E-state index contributed by atoms with van der Waals surface area (Å²) in [5.41, 5.74) is 2.41. The predicted molar refractivity (Wildman–Crippen MR) is 120 cm³/mol. The van der Waals surface area contributed by atoms with E-state index in [2.05, 4.69) is 15.1 Å². The third kappa shape index (κ3) is 3.74. The van der Waals surface area contributed by atoms with E-state index in [0.717, 1.165) is 11.0 Å². The highest BCUT2D eigenvalue weighted by Gasteiger charge is 2.31. The maximum absolute atomic E-state index is 14.5. The molecule has 2 aromatic heterocycles. The number of aromatic amines is 1. The molecule has 4 aromatic rings. The number of imidazole rings is 1. The van der Waals surface area contributed by atoms with Crippen LogP contribution in [0.4, 0.5) is 4.39 Å². The van der Waals surface area contributed by atoms with E-state index in [-0.39, 0.29) is 39.4 Å². The van der Waals surface area contributed by atoms with Gasteiger partial charge in [0, 0.05) is 31.7 Å². The molecule has 0 spiro atoms. The fraction of sp³-hybridized carbons (Fsp3) is 0.217. The van der Waals surface area contributed by atoms with Crippen LogP contribution in [0.5, 0.6) is 0 Å². The average molecular weight is 468 g/mol. The normalized spacial score (nSPS) is 14.2. The van der Waals surface area contributed by atoms with Gasteiger partial charge in [-0.15, -0.1) is 0 Å². The number of hydrogen-bond acceptors (Lipinski definition) is 5. The monoisotopic (exact) mass is 467 g/mol. The third-order valence-corrected chi connectivity index (χ3v) is 6.11. The Labute approximate surface area is 192 Å². The molecule has 1 saturated heterocycles. The lowest BCUT2D eigenvalue weighted by atomic mass is 10.0.